The van der Waals surface area contributed by atoms with Crippen LogP contribution >= 0.6 is 0 Å². The fourth-order valence-corrected chi connectivity index (χ4v) is 4.85. The fraction of sp³-hybridized carbons (Fsp3) is 0.296. The summed E-state index contributed by atoms with van der Waals surface area (Å²) in [6.07, 6.45) is 3.13. The highest BCUT2D eigenvalue weighted by Crippen LogP contribution is 2.43. The average molecular weight is 477 g/mol. The van der Waals surface area contributed by atoms with E-state index in [4.69, 9.17) is 5.73 Å². The number of anilines is 1. The first-order valence-electron chi connectivity index (χ1n) is 11.5. The molecule has 35 heavy (non-hydrogen) atoms. The van der Waals surface area contributed by atoms with E-state index in [2.05, 4.69) is 16.8 Å². The second-order valence-electron chi connectivity index (χ2n) is 8.54. The third-order valence-electron chi connectivity index (χ3n) is 6.51. The molecule has 1 saturated heterocycles. The third-order valence-corrected chi connectivity index (χ3v) is 6.51. The van der Waals surface area contributed by atoms with Gasteiger partial charge in [0, 0.05) is 42.2 Å². The molecule has 2 aromatic carbocycles. The van der Waals surface area contributed by atoms with Crippen LogP contribution in [0.25, 0.3) is 0 Å². The molecule has 3 amide bonds. The molecule has 0 unspecified atom stereocenters. The number of imide groups is 1. The maximum atomic E-state index is 15.1. The molecular weight excluding hydrogens is 450 g/mol. The maximum absolute atomic E-state index is 15.1. The quantitative estimate of drug-likeness (QED) is 0.654. The van der Waals surface area contributed by atoms with Crippen LogP contribution in [0.15, 0.2) is 59.2 Å². The van der Waals surface area contributed by atoms with Crippen molar-refractivity contribution in [2.45, 2.75) is 38.1 Å². The molecule has 1 atom stereocenters. The molecular formula is C27H26F2N4O2. The number of urea groups is 1. The third kappa shape index (κ3) is 4.30. The van der Waals surface area contributed by atoms with Gasteiger partial charge in [-0.3, -0.25) is 9.79 Å². The van der Waals surface area contributed by atoms with Crippen molar-refractivity contribution in [3.05, 3.63) is 77.0 Å². The van der Waals surface area contributed by atoms with Gasteiger partial charge in [0.1, 0.15) is 5.69 Å². The Kier molecular flexibility index (Phi) is 6.70. The summed E-state index contributed by atoms with van der Waals surface area (Å²) in [4.78, 5) is 33.1. The molecule has 0 aromatic heterocycles. The topological polar surface area (TPSA) is 79.0 Å². The van der Waals surface area contributed by atoms with E-state index in [1.807, 2.05) is 13.0 Å². The van der Waals surface area contributed by atoms with E-state index in [1.54, 1.807) is 24.3 Å². The first-order valence-corrected chi connectivity index (χ1v) is 11.5. The average Bonchev–Trinajstić information content (AvgIpc) is 2.84. The van der Waals surface area contributed by atoms with Crippen molar-refractivity contribution in [1.82, 2.24) is 4.90 Å². The van der Waals surface area contributed by atoms with Gasteiger partial charge in [-0.1, -0.05) is 30.0 Å². The van der Waals surface area contributed by atoms with Crippen molar-refractivity contribution in [2.75, 3.05) is 18.5 Å². The number of carbonyl (C=O) groups is 2. The van der Waals surface area contributed by atoms with Crippen molar-refractivity contribution in [1.29, 1.82) is 0 Å². The van der Waals surface area contributed by atoms with Crippen molar-refractivity contribution in [3.8, 4) is 11.8 Å². The summed E-state index contributed by atoms with van der Waals surface area (Å²) in [6.45, 7) is 2.43. The van der Waals surface area contributed by atoms with Gasteiger partial charge in [0.2, 0.25) is 5.91 Å². The van der Waals surface area contributed by atoms with Gasteiger partial charge in [-0.2, -0.15) is 0 Å². The van der Waals surface area contributed by atoms with Gasteiger partial charge in [-0.15, -0.1) is 0 Å². The summed E-state index contributed by atoms with van der Waals surface area (Å²) in [6, 6.07) is 10.2. The fourth-order valence-electron chi connectivity index (χ4n) is 4.85. The number of hydrogen-bond acceptors (Lipinski definition) is 4. The number of aliphatic imine (C=N–C) groups is 1. The van der Waals surface area contributed by atoms with Gasteiger partial charge in [-0.25, -0.2) is 18.5 Å². The zero-order valence-electron chi connectivity index (χ0n) is 19.6. The normalized spacial score (nSPS) is 22.6. The van der Waals surface area contributed by atoms with Crippen LogP contribution in [0.4, 0.5) is 19.3 Å². The predicted octanol–water partition coefficient (Wildman–Crippen LogP) is 4.38. The van der Waals surface area contributed by atoms with Crippen LogP contribution < -0.4 is 10.6 Å². The number of nitrogens with zero attached hydrogens (tertiary/aromatic N) is 3. The molecule has 180 valence electrons. The van der Waals surface area contributed by atoms with Crippen LogP contribution in [-0.4, -0.2) is 41.7 Å². The lowest BCUT2D eigenvalue weighted by molar-refractivity contribution is -0.121. The van der Waals surface area contributed by atoms with Crippen LogP contribution in [0, 0.1) is 23.5 Å². The molecule has 0 bridgehead atoms. The Morgan fingerprint density at radius 1 is 1.11 bits per heavy atom. The number of carbonyl (C=O) groups excluding carboxylic acids is 2. The Morgan fingerprint density at radius 3 is 2.40 bits per heavy atom. The lowest BCUT2D eigenvalue weighted by atomic mass is 9.72. The van der Waals surface area contributed by atoms with Gasteiger partial charge in [0.25, 0.3) is 0 Å². The van der Waals surface area contributed by atoms with E-state index in [9.17, 15) is 9.59 Å². The van der Waals surface area contributed by atoms with Crippen LogP contribution in [-0.2, 0) is 4.79 Å². The largest absolute Gasteiger partial charge is 0.404 e. The number of likely N-dealkylation sites (N-methyl/N-ethyl adjacent to an activating group) is 1. The van der Waals surface area contributed by atoms with E-state index < -0.39 is 34.8 Å². The number of rotatable bonds is 2. The van der Waals surface area contributed by atoms with Crippen molar-refractivity contribution < 1.29 is 18.4 Å². The number of hydrogen-bond donors (Lipinski definition) is 1. The molecule has 1 heterocycles. The molecule has 1 aliphatic heterocycles. The monoisotopic (exact) mass is 476 g/mol. The minimum atomic E-state index is -1.04. The van der Waals surface area contributed by atoms with E-state index >= 15 is 8.78 Å². The maximum Gasteiger partial charge on any atom is 0.332 e. The molecule has 2 N–H and O–H groups in total. The Morgan fingerprint density at radius 2 is 1.77 bits per heavy atom. The Bertz CT molecular complexity index is 1270. The summed E-state index contributed by atoms with van der Waals surface area (Å²) in [5.41, 5.74) is 6.36. The van der Waals surface area contributed by atoms with E-state index in [1.165, 1.54) is 18.1 Å². The number of benzene rings is 2. The summed E-state index contributed by atoms with van der Waals surface area (Å²) in [7, 11) is 1.52. The second kappa shape index (κ2) is 9.71. The Labute approximate surface area is 203 Å². The second-order valence-corrected chi connectivity index (χ2v) is 8.54. The first kappa shape index (κ1) is 24.1. The standard InChI is InChI=1S/C27H26F2N4O2/c1-3-31-23-10-7-13-27(20(23)17-30)16-24(34)33(26(35)32(27)2)25-21(28)14-19(15-22(25)29)12-11-18-8-5-4-6-9-18/h4-6,8-9,14-15,17H,3,7,10,13,16,30H2,1-2H3/t27-/m0/s1. The van der Waals surface area contributed by atoms with Gasteiger partial charge in [0.05, 0.1) is 12.0 Å². The van der Waals surface area contributed by atoms with E-state index in [-0.39, 0.29) is 12.0 Å². The summed E-state index contributed by atoms with van der Waals surface area (Å²) in [5.74, 6) is 2.77. The first-order chi connectivity index (χ1) is 16.8. The highest BCUT2D eigenvalue weighted by Gasteiger charge is 2.53. The van der Waals surface area contributed by atoms with Crippen LogP contribution in [0.3, 0.4) is 0 Å². The van der Waals surface area contributed by atoms with Crippen molar-refractivity contribution in [2.24, 2.45) is 10.7 Å². The zero-order chi connectivity index (χ0) is 25.2. The van der Waals surface area contributed by atoms with Crippen molar-refractivity contribution in [3.63, 3.8) is 0 Å². The molecule has 2 fully saturated rings. The summed E-state index contributed by atoms with van der Waals surface area (Å²) >= 11 is 0. The molecule has 8 heteroatoms. The minimum absolute atomic E-state index is 0.0930. The molecule has 6 nitrogen and oxygen atoms in total. The SMILES string of the molecule is CCN=C1CCC[C@]2(CC(=O)N(c3c(F)cc(C#Cc4ccccc4)cc3F)C(=O)N2C)C1=CN. The number of nitrogens with two attached hydrogens (primary N) is 1. The van der Waals surface area contributed by atoms with Crippen LogP contribution in [0.1, 0.15) is 43.7 Å². The molecule has 1 saturated carbocycles. The van der Waals surface area contributed by atoms with Gasteiger partial charge in [0.15, 0.2) is 11.6 Å². The predicted molar refractivity (Wildman–Crippen MR) is 131 cm³/mol. The lowest BCUT2D eigenvalue weighted by Gasteiger charge is -2.50. The van der Waals surface area contributed by atoms with Crippen LogP contribution in [0.2, 0.25) is 0 Å². The summed E-state index contributed by atoms with van der Waals surface area (Å²) in [5, 5.41) is 0. The number of amides is 3. The lowest BCUT2D eigenvalue weighted by Crippen LogP contribution is -2.65. The van der Waals surface area contributed by atoms with Gasteiger partial charge >= 0.3 is 6.03 Å². The minimum Gasteiger partial charge on any atom is -0.404 e. The van der Waals surface area contributed by atoms with Gasteiger partial charge < -0.3 is 10.6 Å². The molecule has 2 aliphatic rings. The highest BCUT2D eigenvalue weighted by atomic mass is 19.1. The molecule has 1 spiro atoms. The van der Waals surface area contributed by atoms with E-state index in [0.717, 1.165) is 17.8 Å². The van der Waals surface area contributed by atoms with Crippen molar-refractivity contribution >= 4 is 23.3 Å². The zero-order valence-corrected chi connectivity index (χ0v) is 19.6. The summed E-state index contributed by atoms with van der Waals surface area (Å²) < 4.78 is 30.2. The van der Waals surface area contributed by atoms with Gasteiger partial charge in [-0.05, 0) is 50.5 Å². The Hall–Kier alpha value is -3.99. The Balaban J connectivity index is 1.69. The molecule has 0 radical (unpaired) electrons. The number of halogens is 2. The highest BCUT2D eigenvalue weighted by molar-refractivity contribution is 6.18. The molecule has 2 aromatic rings. The molecule has 4 rings (SSSR count). The smallest absolute Gasteiger partial charge is 0.332 e. The van der Waals surface area contributed by atoms with E-state index in [0.29, 0.717) is 41.8 Å². The molecule has 1 aliphatic carbocycles. The van der Waals surface area contributed by atoms with Crippen LogP contribution in [0.5, 0.6) is 0 Å².